The minimum Gasteiger partial charge on any atom is -0.337 e. The summed E-state index contributed by atoms with van der Waals surface area (Å²) in [6.45, 7) is 0. The summed E-state index contributed by atoms with van der Waals surface area (Å²) in [5, 5.41) is 0. The second kappa shape index (κ2) is 4.28. The Balaban J connectivity index is 1.82. The van der Waals surface area contributed by atoms with Crippen LogP contribution in [0.5, 0.6) is 0 Å². The van der Waals surface area contributed by atoms with Crippen LogP contribution in [0.15, 0.2) is 36.7 Å². The molecule has 5 heteroatoms. The number of hydrogen-bond donors (Lipinski definition) is 0. The first-order chi connectivity index (χ1) is 10.2. The number of imidazole rings is 1. The van der Waals surface area contributed by atoms with Gasteiger partial charge in [0.1, 0.15) is 0 Å². The van der Waals surface area contributed by atoms with Crippen LogP contribution in [0.1, 0.15) is 23.7 Å². The van der Waals surface area contributed by atoms with Gasteiger partial charge in [-0.25, -0.2) is 9.88 Å². The number of carbonyl (C=O) groups excluding carboxylic acids is 2. The van der Waals surface area contributed by atoms with E-state index in [4.69, 9.17) is 0 Å². The summed E-state index contributed by atoms with van der Waals surface area (Å²) < 4.78 is 1.88. The highest BCUT2D eigenvalue weighted by Gasteiger charge is 2.52. The van der Waals surface area contributed by atoms with Gasteiger partial charge in [0, 0.05) is 7.05 Å². The predicted octanol–water partition coefficient (Wildman–Crippen LogP) is 1.64. The van der Waals surface area contributed by atoms with Gasteiger partial charge in [-0.15, -0.1) is 0 Å². The lowest BCUT2D eigenvalue weighted by Gasteiger charge is -2.21. The molecule has 1 aromatic carbocycles. The molecule has 0 N–H and O–H groups in total. The second-order valence-corrected chi connectivity index (χ2v) is 5.66. The van der Waals surface area contributed by atoms with Crippen molar-refractivity contribution in [1.82, 2.24) is 9.55 Å². The Morgan fingerprint density at radius 3 is 2.67 bits per heavy atom. The maximum atomic E-state index is 12.8. The lowest BCUT2D eigenvalue weighted by molar-refractivity contribution is -0.122. The number of anilines is 1. The fourth-order valence-corrected chi connectivity index (χ4v) is 3.53. The molecular weight excluding hydrogens is 266 g/mol. The number of aryl methyl sites for hydroxylation is 2. The van der Waals surface area contributed by atoms with Crippen LogP contribution in [0.4, 0.5) is 5.69 Å². The molecule has 0 radical (unpaired) electrons. The van der Waals surface area contributed by atoms with E-state index in [0.717, 1.165) is 17.8 Å². The highest BCUT2D eigenvalue weighted by atomic mass is 16.2. The lowest BCUT2D eigenvalue weighted by Crippen LogP contribution is -2.30. The van der Waals surface area contributed by atoms with Crippen molar-refractivity contribution >= 4 is 17.5 Å². The maximum Gasteiger partial charge on any atom is 0.243 e. The third kappa shape index (κ3) is 1.60. The van der Waals surface area contributed by atoms with E-state index >= 15 is 0 Å². The molecule has 2 atom stereocenters. The normalized spacial score (nSPS) is 24.1. The highest BCUT2D eigenvalue weighted by Crippen LogP contribution is 2.43. The molecule has 1 fully saturated rings. The van der Waals surface area contributed by atoms with Crippen LogP contribution in [0.25, 0.3) is 0 Å². The monoisotopic (exact) mass is 281 g/mol. The first-order valence-corrected chi connectivity index (χ1v) is 7.11. The Bertz CT molecular complexity index is 735. The molecule has 106 valence electrons. The van der Waals surface area contributed by atoms with Gasteiger partial charge < -0.3 is 4.57 Å². The number of nitrogens with zero attached hydrogens (tertiary/aromatic N) is 3. The number of rotatable bonds is 1. The third-order valence-electron chi connectivity index (χ3n) is 4.49. The van der Waals surface area contributed by atoms with Crippen LogP contribution in [-0.4, -0.2) is 21.4 Å². The van der Waals surface area contributed by atoms with Gasteiger partial charge in [-0.3, -0.25) is 9.59 Å². The molecule has 2 heterocycles. The summed E-state index contributed by atoms with van der Waals surface area (Å²) in [6, 6.07) is 9.16. The van der Waals surface area contributed by atoms with E-state index in [2.05, 4.69) is 4.98 Å². The molecule has 0 saturated carbocycles. The van der Waals surface area contributed by atoms with Gasteiger partial charge in [0.2, 0.25) is 11.8 Å². The van der Waals surface area contributed by atoms with Crippen molar-refractivity contribution < 1.29 is 9.59 Å². The van der Waals surface area contributed by atoms with E-state index in [1.54, 1.807) is 18.5 Å². The fourth-order valence-electron chi connectivity index (χ4n) is 3.53. The zero-order chi connectivity index (χ0) is 14.6. The Morgan fingerprint density at radius 2 is 1.90 bits per heavy atom. The largest absolute Gasteiger partial charge is 0.337 e. The van der Waals surface area contributed by atoms with E-state index in [-0.39, 0.29) is 23.7 Å². The van der Waals surface area contributed by atoms with E-state index in [0.29, 0.717) is 12.1 Å². The van der Waals surface area contributed by atoms with Gasteiger partial charge in [-0.1, -0.05) is 18.2 Å². The molecule has 1 aromatic heterocycles. The van der Waals surface area contributed by atoms with Gasteiger partial charge in [0.05, 0.1) is 35.2 Å². The minimum absolute atomic E-state index is 0.0805. The Hall–Kier alpha value is -2.43. The zero-order valence-corrected chi connectivity index (χ0v) is 11.7. The molecule has 21 heavy (non-hydrogen) atoms. The average Bonchev–Trinajstić information content (AvgIpc) is 2.99. The maximum absolute atomic E-state index is 12.8. The first kappa shape index (κ1) is 12.3. The van der Waals surface area contributed by atoms with Crippen LogP contribution in [0, 0.1) is 5.92 Å². The zero-order valence-electron chi connectivity index (χ0n) is 11.7. The number of imide groups is 1. The van der Waals surface area contributed by atoms with Crippen LogP contribution in [0.2, 0.25) is 0 Å². The molecule has 0 spiro atoms. The summed E-state index contributed by atoms with van der Waals surface area (Å²) in [6.07, 6.45) is 3.19. The van der Waals surface area contributed by atoms with Crippen molar-refractivity contribution in [2.24, 2.45) is 13.0 Å². The van der Waals surface area contributed by atoms with Crippen molar-refractivity contribution in [2.75, 3.05) is 4.90 Å². The van der Waals surface area contributed by atoms with Crippen molar-refractivity contribution in [3.05, 3.63) is 48.0 Å². The number of hydrogen-bond acceptors (Lipinski definition) is 3. The fraction of sp³-hybridized carbons (Fsp3) is 0.312. The topological polar surface area (TPSA) is 55.2 Å². The Morgan fingerprint density at radius 1 is 1.14 bits per heavy atom. The number of para-hydroxylation sites is 1. The summed E-state index contributed by atoms with van der Waals surface area (Å²) >= 11 is 0. The first-order valence-electron chi connectivity index (χ1n) is 7.11. The van der Waals surface area contributed by atoms with Crippen molar-refractivity contribution in [1.29, 1.82) is 0 Å². The smallest absolute Gasteiger partial charge is 0.243 e. The molecule has 2 aliphatic rings. The van der Waals surface area contributed by atoms with Crippen molar-refractivity contribution in [2.45, 2.75) is 18.8 Å². The van der Waals surface area contributed by atoms with Crippen LogP contribution >= 0.6 is 0 Å². The average molecular weight is 281 g/mol. The summed E-state index contributed by atoms with van der Waals surface area (Å²) in [5.74, 6) is -0.835. The number of fused-ring (bicyclic) bond motifs is 3. The lowest BCUT2D eigenvalue weighted by atomic mass is 9.81. The van der Waals surface area contributed by atoms with E-state index < -0.39 is 0 Å². The molecule has 1 aliphatic heterocycles. The third-order valence-corrected chi connectivity index (χ3v) is 4.49. The quantitative estimate of drug-likeness (QED) is 0.747. The molecule has 2 aromatic rings. The Labute approximate surface area is 122 Å². The molecule has 1 aliphatic carbocycles. The Kier molecular flexibility index (Phi) is 2.51. The number of carbonyl (C=O) groups is 2. The summed E-state index contributed by atoms with van der Waals surface area (Å²) in [7, 11) is 1.89. The molecular formula is C16H15N3O2. The van der Waals surface area contributed by atoms with E-state index in [1.165, 1.54) is 4.90 Å². The summed E-state index contributed by atoms with van der Waals surface area (Å²) in [5.41, 5.74) is 2.52. The standard InChI is InChI=1S/C16H15N3O2/c1-18-9-17-12-8-7-11-13(14(12)18)16(21)19(15(11)20)10-5-3-2-4-6-10/h2-6,9,11,13H,7-8H2,1H3/t11-,13-/m0/s1. The van der Waals surface area contributed by atoms with E-state index in [9.17, 15) is 9.59 Å². The molecule has 0 bridgehead atoms. The van der Waals surface area contributed by atoms with Crippen LogP contribution in [-0.2, 0) is 23.1 Å². The minimum atomic E-state index is -0.381. The predicted molar refractivity (Wildman–Crippen MR) is 76.7 cm³/mol. The van der Waals surface area contributed by atoms with Gasteiger partial charge in [-0.2, -0.15) is 0 Å². The van der Waals surface area contributed by atoms with Gasteiger partial charge in [0.15, 0.2) is 0 Å². The molecule has 4 rings (SSSR count). The second-order valence-electron chi connectivity index (χ2n) is 5.66. The van der Waals surface area contributed by atoms with Crippen molar-refractivity contribution in [3.63, 3.8) is 0 Å². The number of aromatic nitrogens is 2. The van der Waals surface area contributed by atoms with Gasteiger partial charge >= 0.3 is 0 Å². The van der Waals surface area contributed by atoms with Crippen molar-refractivity contribution in [3.8, 4) is 0 Å². The SMILES string of the molecule is Cn1cnc2c1[C@H]1C(=O)N(c3ccccc3)C(=O)[C@H]1CC2. The van der Waals surface area contributed by atoms with E-state index in [1.807, 2.05) is 29.8 Å². The molecule has 2 amide bonds. The molecule has 1 saturated heterocycles. The number of benzene rings is 1. The van der Waals surface area contributed by atoms with Crippen LogP contribution < -0.4 is 4.90 Å². The molecule has 0 unspecified atom stereocenters. The van der Waals surface area contributed by atoms with Crippen LogP contribution in [0.3, 0.4) is 0 Å². The summed E-state index contributed by atoms with van der Waals surface area (Å²) in [4.78, 5) is 31.2. The van der Waals surface area contributed by atoms with Gasteiger partial charge in [-0.05, 0) is 25.0 Å². The number of amides is 2. The van der Waals surface area contributed by atoms with Gasteiger partial charge in [0.25, 0.3) is 0 Å². The molecule has 5 nitrogen and oxygen atoms in total. The highest BCUT2D eigenvalue weighted by molar-refractivity contribution is 6.23.